The standard InChI is InChI=1S/C20H29N5S.HI/c1-21-20(24-17-8-9-18(14-17)26-2)23-11-10-19-22-12-13-25(19)15-16-6-4-3-5-7-16;/h3-7,12-13,17-18H,8-11,14-15H2,1-2H3,(H2,21,23,24);1H. The van der Waals surface area contributed by atoms with Crippen LogP contribution in [0.25, 0.3) is 0 Å². The third-order valence-electron chi connectivity index (χ3n) is 4.92. The maximum Gasteiger partial charge on any atom is 0.191 e. The molecule has 0 amide bonds. The van der Waals surface area contributed by atoms with Gasteiger partial charge in [-0.25, -0.2) is 4.98 Å². The molecule has 2 atom stereocenters. The van der Waals surface area contributed by atoms with Gasteiger partial charge in [-0.2, -0.15) is 11.8 Å². The third kappa shape index (κ3) is 6.71. The Hall–Kier alpha value is -1.22. The van der Waals surface area contributed by atoms with Gasteiger partial charge in [0.15, 0.2) is 5.96 Å². The monoisotopic (exact) mass is 499 g/mol. The topological polar surface area (TPSA) is 54.2 Å². The first-order valence-electron chi connectivity index (χ1n) is 9.32. The Morgan fingerprint density at radius 2 is 2.11 bits per heavy atom. The molecule has 0 saturated heterocycles. The van der Waals surface area contributed by atoms with Gasteiger partial charge >= 0.3 is 0 Å². The second-order valence-electron chi connectivity index (χ2n) is 6.72. The van der Waals surface area contributed by atoms with Crippen molar-refractivity contribution in [3.63, 3.8) is 0 Å². The molecule has 0 spiro atoms. The lowest BCUT2D eigenvalue weighted by molar-refractivity contribution is 0.611. The zero-order chi connectivity index (χ0) is 18.2. The highest BCUT2D eigenvalue weighted by Gasteiger charge is 2.24. The van der Waals surface area contributed by atoms with E-state index in [1.165, 1.54) is 24.8 Å². The van der Waals surface area contributed by atoms with Gasteiger partial charge in [-0.1, -0.05) is 30.3 Å². The minimum atomic E-state index is 0. The molecule has 2 N–H and O–H groups in total. The smallest absolute Gasteiger partial charge is 0.191 e. The van der Waals surface area contributed by atoms with Gasteiger partial charge in [-0.05, 0) is 31.1 Å². The van der Waals surface area contributed by atoms with Crippen LogP contribution in [0.3, 0.4) is 0 Å². The molecule has 1 aliphatic carbocycles. The Morgan fingerprint density at radius 1 is 1.30 bits per heavy atom. The number of rotatable bonds is 7. The summed E-state index contributed by atoms with van der Waals surface area (Å²) < 4.78 is 2.22. The highest BCUT2D eigenvalue weighted by Crippen LogP contribution is 2.27. The fourth-order valence-corrected chi connectivity index (χ4v) is 4.25. The van der Waals surface area contributed by atoms with Gasteiger partial charge < -0.3 is 15.2 Å². The van der Waals surface area contributed by atoms with Crippen LogP contribution in [0.1, 0.15) is 30.7 Å². The van der Waals surface area contributed by atoms with Crippen molar-refractivity contribution in [3.05, 3.63) is 54.1 Å². The van der Waals surface area contributed by atoms with Crippen molar-refractivity contribution in [2.45, 2.75) is 43.5 Å². The number of thioether (sulfide) groups is 1. The summed E-state index contributed by atoms with van der Waals surface area (Å²) in [5.74, 6) is 2.00. The number of imidazole rings is 1. The highest BCUT2D eigenvalue weighted by molar-refractivity contribution is 14.0. The molecule has 148 valence electrons. The van der Waals surface area contributed by atoms with E-state index in [1.54, 1.807) is 0 Å². The lowest BCUT2D eigenvalue weighted by Crippen LogP contribution is -2.43. The van der Waals surface area contributed by atoms with Crippen molar-refractivity contribution >= 4 is 41.7 Å². The third-order valence-corrected chi connectivity index (χ3v) is 6.02. The molecule has 1 fully saturated rings. The zero-order valence-corrected chi connectivity index (χ0v) is 19.2. The van der Waals surface area contributed by atoms with E-state index in [4.69, 9.17) is 0 Å². The van der Waals surface area contributed by atoms with Gasteiger partial charge in [-0.3, -0.25) is 4.99 Å². The first-order valence-corrected chi connectivity index (χ1v) is 10.6. The molecule has 0 aliphatic heterocycles. The van der Waals surface area contributed by atoms with Gasteiger partial charge in [-0.15, -0.1) is 24.0 Å². The molecule has 1 aromatic carbocycles. The molecule has 7 heteroatoms. The molecule has 2 unspecified atom stereocenters. The number of aliphatic imine (C=N–C) groups is 1. The zero-order valence-electron chi connectivity index (χ0n) is 16.1. The number of nitrogens with zero attached hydrogens (tertiary/aromatic N) is 3. The number of hydrogen-bond donors (Lipinski definition) is 2. The molecular formula is C20H30IN5S. The van der Waals surface area contributed by atoms with Crippen LogP contribution >= 0.6 is 35.7 Å². The van der Waals surface area contributed by atoms with Crippen LogP contribution in [0, 0.1) is 0 Å². The molecule has 0 bridgehead atoms. The number of guanidine groups is 1. The van der Waals surface area contributed by atoms with Gasteiger partial charge in [0.05, 0.1) is 0 Å². The second kappa shape index (κ2) is 11.6. The normalized spacial score (nSPS) is 19.6. The van der Waals surface area contributed by atoms with E-state index < -0.39 is 0 Å². The minimum absolute atomic E-state index is 0. The van der Waals surface area contributed by atoms with Crippen molar-refractivity contribution in [3.8, 4) is 0 Å². The van der Waals surface area contributed by atoms with Crippen LogP contribution < -0.4 is 10.6 Å². The van der Waals surface area contributed by atoms with E-state index in [9.17, 15) is 0 Å². The van der Waals surface area contributed by atoms with E-state index in [-0.39, 0.29) is 24.0 Å². The summed E-state index contributed by atoms with van der Waals surface area (Å²) in [6.45, 7) is 1.69. The summed E-state index contributed by atoms with van der Waals surface area (Å²) in [6, 6.07) is 11.0. The highest BCUT2D eigenvalue weighted by atomic mass is 127. The largest absolute Gasteiger partial charge is 0.356 e. The number of hydrogen-bond acceptors (Lipinski definition) is 3. The van der Waals surface area contributed by atoms with Crippen molar-refractivity contribution < 1.29 is 0 Å². The average molecular weight is 499 g/mol. The maximum atomic E-state index is 4.52. The molecule has 1 aromatic heterocycles. The molecule has 5 nitrogen and oxygen atoms in total. The number of benzene rings is 1. The second-order valence-corrected chi connectivity index (χ2v) is 7.86. The fourth-order valence-electron chi connectivity index (χ4n) is 3.46. The molecule has 0 radical (unpaired) electrons. The quantitative estimate of drug-likeness (QED) is 0.348. The maximum absolute atomic E-state index is 4.52. The summed E-state index contributed by atoms with van der Waals surface area (Å²) in [5.41, 5.74) is 1.29. The van der Waals surface area contributed by atoms with Crippen LogP contribution in [0.5, 0.6) is 0 Å². The van der Waals surface area contributed by atoms with E-state index >= 15 is 0 Å². The van der Waals surface area contributed by atoms with E-state index in [1.807, 2.05) is 31.1 Å². The van der Waals surface area contributed by atoms with Crippen LogP contribution in [0.15, 0.2) is 47.7 Å². The first-order chi connectivity index (χ1) is 12.8. The van der Waals surface area contributed by atoms with Gasteiger partial charge in [0, 0.05) is 50.2 Å². The molecule has 27 heavy (non-hydrogen) atoms. The summed E-state index contributed by atoms with van der Waals surface area (Å²) in [4.78, 5) is 8.89. The van der Waals surface area contributed by atoms with Crippen LogP contribution in [-0.2, 0) is 13.0 Å². The SMILES string of the molecule is CN=C(NCCc1nccn1Cc1ccccc1)NC1CCC(SC)C1.I. The summed E-state index contributed by atoms with van der Waals surface area (Å²) in [6.07, 6.45) is 10.8. The van der Waals surface area contributed by atoms with Gasteiger partial charge in [0.25, 0.3) is 0 Å². The minimum Gasteiger partial charge on any atom is -0.356 e. The van der Waals surface area contributed by atoms with E-state index in [2.05, 4.69) is 61.9 Å². The summed E-state index contributed by atoms with van der Waals surface area (Å²) >= 11 is 1.98. The molecular weight excluding hydrogens is 469 g/mol. The van der Waals surface area contributed by atoms with Crippen molar-refractivity contribution in [1.29, 1.82) is 0 Å². The predicted molar refractivity (Wildman–Crippen MR) is 126 cm³/mol. The first kappa shape index (κ1) is 22.1. The van der Waals surface area contributed by atoms with E-state index in [0.717, 1.165) is 36.5 Å². The molecule has 1 saturated carbocycles. The van der Waals surface area contributed by atoms with Gasteiger partial charge in [0.1, 0.15) is 5.82 Å². The van der Waals surface area contributed by atoms with Crippen LogP contribution in [0.2, 0.25) is 0 Å². The molecule has 1 aliphatic rings. The summed E-state index contributed by atoms with van der Waals surface area (Å²) in [5, 5.41) is 7.79. The Bertz CT molecular complexity index is 703. The van der Waals surface area contributed by atoms with Crippen LogP contribution in [0.4, 0.5) is 0 Å². The Morgan fingerprint density at radius 3 is 2.81 bits per heavy atom. The lowest BCUT2D eigenvalue weighted by atomic mass is 10.2. The molecule has 3 rings (SSSR count). The Kier molecular flexibility index (Phi) is 9.47. The Labute approximate surface area is 183 Å². The number of nitrogens with one attached hydrogen (secondary N) is 2. The average Bonchev–Trinajstić information content (AvgIpc) is 3.31. The van der Waals surface area contributed by atoms with Crippen molar-refractivity contribution in [2.24, 2.45) is 4.99 Å². The van der Waals surface area contributed by atoms with E-state index in [0.29, 0.717) is 6.04 Å². The fraction of sp³-hybridized carbons (Fsp3) is 0.500. The van der Waals surface area contributed by atoms with Crippen LogP contribution in [-0.4, -0.2) is 46.7 Å². The number of aromatic nitrogens is 2. The molecule has 1 heterocycles. The van der Waals surface area contributed by atoms with Crippen molar-refractivity contribution in [1.82, 2.24) is 20.2 Å². The Balaban J connectivity index is 0.00000261. The number of halogens is 1. The van der Waals surface area contributed by atoms with Crippen molar-refractivity contribution in [2.75, 3.05) is 19.8 Å². The summed E-state index contributed by atoms with van der Waals surface area (Å²) in [7, 11) is 1.84. The lowest BCUT2D eigenvalue weighted by Gasteiger charge is -2.17. The predicted octanol–water partition coefficient (Wildman–Crippen LogP) is 3.54. The van der Waals surface area contributed by atoms with Gasteiger partial charge in [0.2, 0.25) is 0 Å². The molecule has 2 aromatic rings.